The molecule has 2 aromatic carbocycles. The molecule has 108 valence electrons. The fourth-order valence-corrected chi connectivity index (χ4v) is 2.39. The van der Waals surface area contributed by atoms with Crippen molar-refractivity contribution < 1.29 is 14.8 Å². The Balaban J connectivity index is 2.48. The van der Waals surface area contributed by atoms with Crippen molar-refractivity contribution in [1.82, 2.24) is 0 Å². The lowest BCUT2D eigenvalue weighted by molar-refractivity contribution is -0.384. The van der Waals surface area contributed by atoms with Crippen LogP contribution in [-0.4, -0.2) is 16.0 Å². The second-order valence-corrected chi connectivity index (χ2v) is 5.36. The van der Waals surface area contributed by atoms with Crippen molar-refractivity contribution >= 4 is 50.6 Å². The Hall–Kier alpha value is -2.12. The fraction of sp³-hybridized carbons (Fsp3) is 0. The highest BCUT2D eigenvalue weighted by molar-refractivity contribution is 9.10. The van der Waals surface area contributed by atoms with Crippen molar-refractivity contribution in [3.05, 3.63) is 61.6 Å². The molecule has 0 saturated carbocycles. The summed E-state index contributed by atoms with van der Waals surface area (Å²) in [5.41, 5.74) is 0.249. The van der Waals surface area contributed by atoms with Gasteiger partial charge in [0.25, 0.3) is 5.69 Å². The Labute approximate surface area is 132 Å². The molecule has 0 unspecified atom stereocenters. The van der Waals surface area contributed by atoms with E-state index in [-0.39, 0.29) is 16.9 Å². The minimum absolute atomic E-state index is 0.0837. The van der Waals surface area contributed by atoms with E-state index in [1.807, 2.05) is 0 Å². The summed E-state index contributed by atoms with van der Waals surface area (Å²) in [4.78, 5) is 21.4. The molecule has 0 spiro atoms. The first-order valence-corrected chi connectivity index (χ1v) is 6.79. The van der Waals surface area contributed by atoms with Crippen LogP contribution in [0, 0.1) is 10.1 Å². The van der Waals surface area contributed by atoms with Crippen molar-refractivity contribution in [3.63, 3.8) is 0 Å². The summed E-state index contributed by atoms with van der Waals surface area (Å²) in [5, 5.41) is 23.1. The van der Waals surface area contributed by atoms with E-state index in [0.717, 1.165) is 16.6 Å². The number of non-ortho nitro benzene ring substituents is 1. The van der Waals surface area contributed by atoms with Crippen LogP contribution >= 0.6 is 27.5 Å². The van der Waals surface area contributed by atoms with E-state index >= 15 is 0 Å². The lowest BCUT2D eigenvalue weighted by Gasteiger charge is -2.11. The van der Waals surface area contributed by atoms with Crippen LogP contribution in [0.5, 0.6) is 0 Å². The van der Waals surface area contributed by atoms with Crippen molar-refractivity contribution in [3.8, 4) is 0 Å². The lowest BCUT2D eigenvalue weighted by Crippen LogP contribution is -2.04. The van der Waals surface area contributed by atoms with Gasteiger partial charge >= 0.3 is 5.97 Å². The maximum absolute atomic E-state index is 11.2. The van der Waals surface area contributed by atoms with Gasteiger partial charge in [-0.2, -0.15) is 0 Å². The summed E-state index contributed by atoms with van der Waals surface area (Å²) in [7, 11) is 0. The molecule has 0 radical (unpaired) electrons. The number of benzene rings is 2. The van der Waals surface area contributed by atoms with Crippen LogP contribution in [0.4, 0.5) is 17.1 Å². The van der Waals surface area contributed by atoms with Gasteiger partial charge in [-0.25, -0.2) is 4.79 Å². The summed E-state index contributed by atoms with van der Waals surface area (Å²) in [5.74, 6) is -1.19. The molecule has 2 aromatic rings. The number of anilines is 2. The number of nitrogens with one attached hydrogen (secondary N) is 1. The molecule has 0 aliphatic rings. The second kappa shape index (κ2) is 6.11. The van der Waals surface area contributed by atoms with Crippen LogP contribution in [0.2, 0.25) is 5.02 Å². The third-order valence-electron chi connectivity index (χ3n) is 2.64. The average molecular weight is 372 g/mol. The topological polar surface area (TPSA) is 92.5 Å². The number of aromatic carboxylic acids is 1. The molecule has 0 fully saturated rings. The molecular formula is C13H8BrClN2O4. The first-order chi connectivity index (χ1) is 9.88. The van der Waals surface area contributed by atoms with Gasteiger partial charge < -0.3 is 10.4 Å². The molecule has 0 aromatic heterocycles. The fourth-order valence-electron chi connectivity index (χ4n) is 1.67. The lowest BCUT2D eigenvalue weighted by atomic mass is 10.1. The van der Waals surface area contributed by atoms with E-state index in [1.165, 1.54) is 6.07 Å². The Bertz CT molecular complexity index is 736. The number of carboxylic acid groups (broad SMARTS) is 1. The van der Waals surface area contributed by atoms with Crippen LogP contribution < -0.4 is 5.32 Å². The zero-order chi connectivity index (χ0) is 15.6. The van der Waals surface area contributed by atoms with Crippen LogP contribution in [0.1, 0.15) is 10.4 Å². The van der Waals surface area contributed by atoms with Crippen LogP contribution in [0.15, 0.2) is 40.9 Å². The molecule has 2 N–H and O–H groups in total. The molecule has 0 atom stereocenters. The number of rotatable bonds is 4. The number of nitrogens with zero attached hydrogens (tertiary/aromatic N) is 1. The third kappa shape index (κ3) is 3.50. The molecule has 0 heterocycles. The standard InChI is InChI=1S/C13H8BrClN2O4/c14-7-1-4-11(10(15)5-7)16-12-6-8(17(20)21)2-3-9(12)13(18)19/h1-6,16H,(H,18,19). The Kier molecular flexibility index (Phi) is 4.44. The van der Waals surface area contributed by atoms with Crippen molar-refractivity contribution in [2.45, 2.75) is 0 Å². The summed E-state index contributed by atoms with van der Waals surface area (Å²) in [6, 6.07) is 8.44. The molecule has 6 nitrogen and oxygen atoms in total. The molecule has 0 amide bonds. The minimum atomic E-state index is -1.19. The number of hydrogen-bond acceptors (Lipinski definition) is 4. The Morgan fingerprint density at radius 3 is 2.52 bits per heavy atom. The van der Waals surface area contributed by atoms with E-state index in [9.17, 15) is 14.9 Å². The van der Waals surface area contributed by atoms with E-state index < -0.39 is 10.9 Å². The van der Waals surface area contributed by atoms with Crippen LogP contribution in [0.3, 0.4) is 0 Å². The molecule has 0 bridgehead atoms. The quantitative estimate of drug-likeness (QED) is 0.612. The van der Waals surface area contributed by atoms with Gasteiger partial charge in [-0.05, 0) is 24.3 Å². The third-order valence-corrected chi connectivity index (χ3v) is 3.45. The zero-order valence-electron chi connectivity index (χ0n) is 10.3. The highest BCUT2D eigenvalue weighted by atomic mass is 79.9. The van der Waals surface area contributed by atoms with Gasteiger partial charge in [-0.15, -0.1) is 0 Å². The molecule has 0 saturated heterocycles. The van der Waals surface area contributed by atoms with Gasteiger partial charge in [0.1, 0.15) is 0 Å². The van der Waals surface area contributed by atoms with E-state index in [4.69, 9.17) is 16.7 Å². The number of halogens is 2. The SMILES string of the molecule is O=C(O)c1ccc([N+](=O)[O-])cc1Nc1ccc(Br)cc1Cl. The maximum Gasteiger partial charge on any atom is 0.337 e. The highest BCUT2D eigenvalue weighted by Crippen LogP contribution is 2.31. The highest BCUT2D eigenvalue weighted by Gasteiger charge is 2.16. The van der Waals surface area contributed by atoms with E-state index in [0.29, 0.717) is 10.7 Å². The van der Waals surface area contributed by atoms with Crippen LogP contribution in [0.25, 0.3) is 0 Å². The first kappa shape index (κ1) is 15.3. The predicted octanol–water partition coefficient (Wildman–Crippen LogP) is 4.45. The largest absolute Gasteiger partial charge is 0.478 e. The number of nitro groups is 1. The molecule has 8 heteroatoms. The Morgan fingerprint density at radius 1 is 1.24 bits per heavy atom. The maximum atomic E-state index is 11.2. The molecular weight excluding hydrogens is 364 g/mol. The van der Waals surface area contributed by atoms with Gasteiger partial charge in [0.2, 0.25) is 0 Å². The summed E-state index contributed by atoms with van der Waals surface area (Å²) in [6.45, 7) is 0. The van der Waals surface area contributed by atoms with Crippen molar-refractivity contribution in [2.24, 2.45) is 0 Å². The second-order valence-electron chi connectivity index (χ2n) is 4.04. The molecule has 0 aliphatic carbocycles. The van der Waals surface area contributed by atoms with Gasteiger partial charge in [-0.3, -0.25) is 10.1 Å². The molecule has 0 aliphatic heterocycles. The molecule has 21 heavy (non-hydrogen) atoms. The van der Waals surface area contributed by atoms with Crippen molar-refractivity contribution in [2.75, 3.05) is 5.32 Å². The van der Waals surface area contributed by atoms with Gasteiger partial charge in [0.15, 0.2) is 0 Å². The number of hydrogen-bond donors (Lipinski definition) is 2. The smallest absolute Gasteiger partial charge is 0.337 e. The van der Waals surface area contributed by atoms with E-state index in [1.54, 1.807) is 18.2 Å². The average Bonchev–Trinajstić information content (AvgIpc) is 2.41. The first-order valence-electron chi connectivity index (χ1n) is 5.62. The van der Waals surface area contributed by atoms with E-state index in [2.05, 4.69) is 21.2 Å². The number of carboxylic acids is 1. The predicted molar refractivity (Wildman–Crippen MR) is 82.5 cm³/mol. The summed E-state index contributed by atoms with van der Waals surface area (Å²) < 4.78 is 0.760. The summed E-state index contributed by atoms with van der Waals surface area (Å²) >= 11 is 9.29. The number of nitro benzene ring substituents is 1. The minimum Gasteiger partial charge on any atom is -0.478 e. The zero-order valence-corrected chi connectivity index (χ0v) is 12.7. The number of carbonyl (C=O) groups is 1. The Morgan fingerprint density at radius 2 is 1.95 bits per heavy atom. The monoisotopic (exact) mass is 370 g/mol. The normalized spacial score (nSPS) is 10.2. The van der Waals surface area contributed by atoms with Gasteiger partial charge in [-0.1, -0.05) is 27.5 Å². The van der Waals surface area contributed by atoms with Gasteiger partial charge in [0, 0.05) is 16.6 Å². The van der Waals surface area contributed by atoms with Gasteiger partial charge in [0.05, 0.1) is 26.9 Å². The van der Waals surface area contributed by atoms with Crippen LogP contribution in [-0.2, 0) is 0 Å². The van der Waals surface area contributed by atoms with Crippen molar-refractivity contribution in [1.29, 1.82) is 0 Å². The molecule has 2 rings (SSSR count). The summed E-state index contributed by atoms with van der Waals surface area (Å²) in [6.07, 6.45) is 0.